The first kappa shape index (κ1) is 15.6. The standard InChI is InChI=1S/C19H25NO/c1-13(2)17-7-5-14(3)19(12-17)21-18-8-6-16(9-10-20)11-15(18)4/h5-8,11-13H,9-10,20H2,1-4H3. The van der Waals surface area contributed by atoms with Crippen molar-refractivity contribution in [3.63, 3.8) is 0 Å². The first-order valence-electron chi connectivity index (χ1n) is 7.59. The van der Waals surface area contributed by atoms with Crippen molar-refractivity contribution in [3.8, 4) is 11.5 Å². The second-order valence-corrected chi connectivity index (χ2v) is 5.92. The Morgan fingerprint density at radius 2 is 1.71 bits per heavy atom. The van der Waals surface area contributed by atoms with Crippen LogP contribution < -0.4 is 10.5 Å². The highest BCUT2D eigenvalue weighted by molar-refractivity contribution is 5.44. The molecule has 0 saturated carbocycles. The van der Waals surface area contributed by atoms with Gasteiger partial charge in [0, 0.05) is 0 Å². The molecular formula is C19H25NO. The Hall–Kier alpha value is -1.80. The number of nitrogens with two attached hydrogens (primary N) is 1. The van der Waals surface area contributed by atoms with Crippen molar-refractivity contribution in [2.24, 2.45) is 5.73 Å². The van der Waals surface area contributed by atoms with Crippen LogP contribution in [0, 0.1) is 13.8 Å². The number of benzene rings is 2. The minimum atomic E-state index is 0.501. The lowest BCUT2D eigenvalue weighted by Crippen LogP contribution is -2.03. The summed E-state index contributed by atoms with van der Waals surface area (Å²) < 4.78 is 6.13. The van der Waals surface area contributed by atoms with Gasteiger partial charge < -0.3 is 10.5 Å². The highest BCUT2D eigenvalue weighted by Gasteiger charge is 2.08. The van der Waals surface area contributed by atoms with Gasteiger partial charge in [-0.05, 0) is 67.1 Å². The smallest absolute Gasteiger partial charge is 0.130 e. The van der Waals surface area contributed by atoms with E-state index in [-0.39, 0.29) is 0 Å². The van der Waals surface area contributed by atoms with E-state index in [1.807, 2.05) is 6.07 Å². The van der Waals surface area contributed by atoms with E-state index in [0.717, 1.165) is 29.0 Å². The van der Waals surface area contributed by atoms with Gasteiger partial charge in [0.1, 0.15) is 11.5 Å². The van der Waals surface area contributed by atoms with Crippen molar-refractivity contribution in [2.45, 2.75) is 40.0 Å². The van der Waals surface area contributed by atoms with Gasteiger partial charge in [-0.1, -0.05) is 38.1 Å². The highest BCUT2D eigenvalue weighted by Crippen LogP contribution is 2.30. The van der Waals surface area contributed by atoms with Gasteiger partial charge in [0.15, 0.2) is 0 Å². The van der Waals surface area contributed by atoms with E-state index in [4.69, 9.17) is 10.5 Å². The van der Waals surface area contributed by atoms with Crippen LogP contribution in [0.1, 0.15) is 42.0 Å². The Morgan fingerprint density at radius 1 is 0.952 bits per heavy atom. The Bertz CT molecular complexity index is 617. The van der Waals surface area contributed by atoms with Crippen molar-refractivity contribution in [3.05, 3.63) is 58.7 Å². The molecule has 0 aliphatic rings. The molecule has 21 heavy (non-hydrogen) atoms. The Balaban J connectivity index is 2.27. The Labute approximate surface area is 127 Å². The molecule has 0 unspecified atom stereocenters. The molecule has 2 heteroatoms. The molecule has 0 aliphatic carbocycles. The maximum absolute atomic E-state index is 6.13. The molecule has 112 valence electrons. The fourth-order valence-electron chi connectivity index (χ4n) is 2.35. The van der Waals surface area contributed by atoms with E-state index in [1.165, 1.54) is 11.1 Å². The summed E-state index contributed by atoms with van der Waals surface area (Å²) in [5, 5.41) is 0. The quantitative estimate of drug-likeness (QED) is 0.861. The molecule has 0 bridgehead atoms. The summed E-state index contributed by atoms with van der Waals surface area (Å²) in [5.74, 6) is 2.36. The average molecular weight is 283 g/mol. The summed E-state index contributed by atoms with van der Waals surface area (Å²) in [6.07, 6.45) is 0.906. The summed E-state index contributed by atoms with van der Waals surface area (Å²) in [6.45, 7) is 9.23. The first-order chi connectivity index (χ1) is 10.0. The minimum Gasteiger partial charge on any atom is -0.457 e. The first-order valence-corrected chi connectivity index (χ1v) is 7.59. The second kappa shape index (κ2) is 6.77. The van der Waals surface area contributed by atoms with Crippen molar-refractivity contribution in [1.29, 1.82) is 0 Å². The van der Waals surface area contributed by atoms with E-state index in [1.54, 1.807) is 0 Å². The Morgan fingerprint density at radius 3 is 2.33 bits per heavy atom. The molecule has 2 N–H and O–H groups in total. The van der Waals surface area contributed by atoms with E-state index in [0.29, 0.717) is 12.5 Å². The minimum absolute atomic E-state index is 0.501. The van der Waals surface area contributed by atoms with E-state index in [9.17, 15) is 0 Å². The SMILES string of the molecule is Cc1cc(CCN)ccc1Oc1cc(C(C)C)ccc1C. The summed E-state index contributed by atoms with van der Waals surface area (Å²) in [6, 6.07) is 12.7. The predicted octanol–water partition coefficient (Wildman–Crippen LogP) is 4.72. The van der Waals surface area contributed by atoms with Gasteiger partial charge in [0.2, 0.25) is 0 Å². The molecule has 0 radical (unpaired) electrons. The molecule has 2 rings (SSSR count). The molecular weight excluding hydrogens is 258 g/mol. The fraction of sp³-hybridized carbons (Fsp3) is 0.368. The lowest BCUT2D eigenvalue weighted by molar-refractivity contribution is 0.474. The lowest BCUT2D eigenvalue weighted by Gasteiger charge is -2.14. The maximum Gasteiger partial charge on any atom is 0.130 e. The summed E-state index contributed by atoms with van der Waals surface area (Å²) in [7, 11) is 0. The topological polar surface area (TPSA) is 35.2 Å². The van der Waals surface area contributed by atoms with Crippen molar-refractivity contribution in [1.82, 2.24) is 0 Å². The van der Waals surface area contributed by atoms with Crippen molar-refractivity contribution >= 4 is 0 Å². The lowest BCUT2D eigenvalue weighted by atomic mass is 10.0. The van der Waals surface area contributed by atoms with Crippen LogP contribution in [0.4, 0.5) is 0 Å². The maximum atomic E-state index is 6.13. The van der Waals surface area contributed by atoms with Crippen LogP contribution in [0.25, 0.3) is 0 Å². The predicted molar refractivity (Wildman–Crippen MR) is 89.3 cm³/mol. The van der Waals surface area contributed by atoms with Crippen LogP contribution in [-0.2, 0) is 6.42 Å². The van der Waals surface area contributed by atoms with Crippen LogP contribution in [-0.4, -0.2) is 6.54 Å². The van der Waals surface area contributed by atoms with E-state index < -0.39 is 0 Å². The number of aryl methyl sites for hydroxylation is 2. The molecule has 0 aliphatic heterocycles. The van der Waals surface area contributed by atoms with Gasteiger partial charge in [-0.25, -0.2) is 0 Å². The van der Waals surface area contributed by atoms with Gasteiger partial charge >= 0.3 is 0 Å². The van der Waals surface area contributed by atoms with Gasteiger partial charge in [0.05, 0.1) is 0 Å². The van der Waals surface area contributed by atoms with Crippen LogP contribution in [0.3, 0.4) is 0 Å². The second-order valence-electron chi connectivity index (χ2n) is 5.92. The Kier molecular flexibility index (Phi) is 5.03. The number of rotatable bonds is 5. The molecule has 0 aromatic heterocycles. The normalized spacial score (nSPS) is 11.0. The number of ether oxygens (including phenoxy) is 1. The molecule has 0 heterocycles. The van der Waals surface area contributed by atoms with Gasteiger partial charge in [-0.2, -0.15) is 0 Å². The molecule has 0 atom stereocenters. The monoisotopic (exact) mass is 283 g/mol. The van der Waals surface area contributed by atoms with Crippen LogP contribution in [0.5, 0.6) is 11.5 Å². The number of hydrogen-bond acceptors (Lipinski definition) is 2. The van der Waals surface area contributed by atoms with Gasteiger partial charge in [0.25, 0.3) is 0 Å². The zero-order chi connectivity index (χ0) is 15.4. The van der Waals surface area contributed by atoms with E-state index in [2.05, 4.69) is 58.0 Å². The third-order valence-electron chi connectivity index (χ3n) is 3.77. The third kappa shape index (κ3) is 3.85. The zero-order valence-corrected chi connectivity index (χ0v) is 13.4. The molecule has 0 spiro atoms. The fourth-order valence-corrected chi connectivity index (χ4v) is 2.35. The van der Waals surface area contributed by atoms with Crippen LogP contribution in [0.15, 0.2) is 36.4 Å². The highest BCUT2D eigenvalue weighted by atomic mass is 16.5. The summed E-state index contributed by atoms with van der Waals surface area (Å²) >= 11 is 0. The molecule has 0 fully saturated rings. The number of hydrogen-bond donors (Lipinski definition) is 1. The largest absolute Gasteiger partial charge is 0.457 e. The van der Waals surface area contributed by atoms with Crippen molar-refractivity contribution in [2.75, 3.05) is 6.54 Å². The summed E-state index contributed by atoms with van der Waals surface area (Å²) in [4.78, 5) is 0. The molecule has 2 aromatic rings. The zero-order valence-electron chi connectivity index (χ0n) is 13.4. The van der Waals surface area contributed by atoms with E-state index >= 15 is 0 Å². The van der Waals surface area contributed by atoms with Gasteiger partial charge in [-0.3, -0.25) is 0 Å². The van der Waals surface area contributed by atoms with Gasteiger partial charge in [-0.15, -0.1) is 0 Å². The molecule has 2 nitrogen and oxygen atoms in total. The molecule has 0 saturated heterocycles. The van der Waals surface area contributed by atoms with Crippen molar-refractivity contribution < 1.29 is 4.74 Å². The average Bonchev–Trinajstić information content (AvgIpc) is 2.44. The van der Waals surface area contributed by atoms with Crippen LogP contribution in [0.2, 0.25) is 0 Å². The third-order valence-corrected chi connectivity index (χ3v) is 3.77. The summed E-state index contributed by atoms with van der Waals surface area (Å²) in [5.41, 5.74) is 10.5. The molecule has 2 aromatic carbocycles. The van der Waals surface area contributed by atoms with Crippen LogP contribution >= 0.6 is 0 Å². The molecule has 0 amide bonds.